The Balaban J connectivity index is 1.34. The van der Waals surface area contributed by atoms with Crippen LogP contribution >= 0.6 is 0 Å². The summed E-state index contributed by atoms with van der Waals surface area (Å²) in [4.78, 5) is 16.2. The number of ether oxygens (including phenoxy) is 1. The molecule has 3 rings (SSSR count). The van der Waals surface area contributed by atoms with Gasteiger partial charge in [-0.2, -0.15) is 0 Å². The Labute approximate surface area is 142 Å². The summed E-state index contributed by atoms with van der Waals surface area (Å²) in [6.45, 7) is 3.37. The van der Waals surface area contributed by atoms with Crippen LogP contribution in [0.4, 0.5) is 0 Å². The second kappa shape index (κ2) is 8.64. The van der Waals surface area contributed by atoms with Crippen LogP contribution in [0.15, 0.2) is 36.5 Å². The molecular formula is C19H25N3O2. The summed E-state index contributed by atoms with van der Waals surface area (Å²) in [6, 6.07) is 9.87. The lowest BCUT2D eigenvalue weighted by atomic mass is 10.0. The highest BCUT2D eigenvalue weighted by atomic mass is 16.5. The summed E-state index contributed by atoms with van der Waals surface area (Å²) in [5.74, 6) is 1.61. The summed E-state index contributed by atoms with van der Waals surface area (Å²) in [5, 5.41) is 7.38. The molecule has 1 amide bonds. The van der Waals surface area contributed by atoms with Gasteiger partial charge in [-0.05, 0) is 50.4 Å². The predicted octanol–water partition coefficient (Wildman–Crippen LogP) is 2.51. The van der Waals surface area contributed by atoms with Crippen molar-refractivity contribution >= 4 is 16.8 Å². The Hall–Kier alpha value is -2.14. The van der Waals surface area contributed by atoms with E-state index in [9.17, 15) is 4.79 Å². The average molecular weight is 327 g/mol. The molecule has 0 saturated carbocycles. The first-order chi connectivity index (χ1) is 11.8. The van der Waals surface area contributed by atoms with Crippen LogP contribution in [0.25, 0.3) is 10.9 Å². The lowest BCUT2D eigenvalue weighted by Gasteiger charge is -2.10. The van der Waals surface area contributed by atoms with Crippen LogP contribution in [0.5, 0.6) is 5.75 Å². The molecule has 128 valence electrons. The van der Waals surface area contributed by atoms with E-state index in [0.29, 0.717) is 25.5 Å². The molecule has 5 heteroatoms. The monoisotopic (exact) mass is 327 g/mol. The molecule has 2 N–H and O–H groups in total. The Morgan fingerprint density at radius 3 is 3.12 bits per heavy atom. The first-order valence-electron chi connectivity index (χ1n) is 8.77. The van der Waals surface area contributed by atoms with Crippen LogP contribution in [0.2, 0.25) is 0 Å². The maximum Gasteiger partial charge on any atom is 0.220 e. The Bertz CT molecular complexity index is 663. The Morgan fingerprint density at radius 2 is 2.25 bits per heavy atom. The zero-order valence-corrected chi connectivity index (χ0v) is 14.0. The van der Waals surface area contributed by atoms with Crippen LogP contribution in [0.3, 0.4) is 0 Å². The highest BCUT2D eigenvalue weighted by Gasteiger charge is 2.15. The van der Waals surface area contributed by atoms with Gasteiger partial charge in [-0.15, -0.1) is 0 Å². The molecule has 1 unspecified atom stereocenters. The maximum atomic E-state index is 11.8. The molecule has 0 spiro atoms. The van der Waals surface area contributed by atoms with Crippen molar-refractivity contribution < 1.29 is 9.53 Å². The summed E-state index contributed by atoms with van der Waals surface area (Å²) < 4.78 is 5.82. The van der Waals surface area contributed by atoms with Gasteiger partial charge < -0.3 is 15.4 Å². The normalized spacial score (nSPS) is 17.1. The highest BCUT2D eigenvalue weighted by molar-refractivity contribution is 5.84. The second-order valence-corrected chi connectivity index (χ2v) is 6.28. The number of rotatable bonds is 8. The van der Waals surface area contributed by atoms with Gasteiger partial charge in [0.25, 0.3) is 0 Å². The number of amides is 1. The summed E-state index contributed by atoms with van der Waals surface area (Å²) >= 11 is 0. The summed E-state index contributed by atoms with van der Waals surface area (Å²) in [6.07, 6.45) is 5.37. The molecule has 0 radical (unpaired) electrons. The predicted molar refractivity (Wildman–Crippen MR) is 95.1 cm³/mol. The molecule has 2 aromatic rings. The van der Waals surface area contributed by atoms with Gasteiger partial charge in [0.1, 0.15) is 11.3 Å². The molecule has 1 aliphatic heterocycles. The van der Waals surface area contributed by atoms with Gasteiger partial charge >= 0.3 is 0 Å². The molecular weight excluding hydrogens is 302 g/mol. The number of carbonyl (C=O) groups is 1. The van der Waals surface area contributed by atoms with Gasteiger partial charge in [0, 0.05) is 24.5 Å². The fourth-order valence-electron chi connectivity index (χ4n) is 3.06. The maximum absolute atomic E-state index is 11.8. The molecule has 1 aromatic heterocycles. The minimum atomic E-state index is 0.147. The van der Waals surface area contributed by atoms with E-state index in [2.05, 4.69) is 15.6 Å². The number of pyridine rings is 1. The van der Waals surface area contributed by atoms with Crippen molar-refractivity contribution in [3.63, 3.8) is 0 Å². The van der Waals surface area contributed by atoms with Crippen molar-refractivity contribution in [3.05, 3.63) is 36.5 Å². The van der Waals surface area contributed by atoms with E-state index in [0.717, 1.165) is 42.6 Å². The van der Waals surface area contributed by atoms with Gasteiger partial charge in [-0.3, -0.25) is 9.78 Å². The number of hydrogen-bond acceptors (Lipinski definition) is 4. The van der Waals surface area contributed by atoms with Crippen molar-refractivity contribution in [3.8, 4) is 5.75 Å². The first kappa shape index (κ1) is 16.7. The molecule has 1 saturated heterocycles. The van der Waals surface area contributed by atoms with Gasteiger partial charge in [0.2, 0.25) is 5.91 Å². The van der Waals surface area contributed by atoms with E-state index in [-0.39, 0.29) is 5.91 Å². The molecule has 1 atom stereocenters. The van der Waals surface area contributed by atoms with Crippen molar-refractivity contribution in [1.29, 1.82) is 0 Å². The lowest BCUT2D eigenvalue weighted by molar-refractivity contribution is -0.121. The SMILES string of the molecule is O=C(CCC1CCNC1)NCCCOc1cccc2cccnc12. The van der Waals surface area contributed by atoms with Crippen LogP contribution in [0, 0.1) is 5.92 Å². The minimum Gasteiger partial charge on any atom is -0.491 e. The van der Waals surface area contributed by atoms with E-state index in [1.807, 2.05) is 30.3 Å². The third-order valence-electron chi connectivity index (χ3n) is 4.44. The minimum absolute atomic E-state index is 0.147. The number of nitrogens with one attached hydrogen (secondary N) is 2. The Kier molecular flexibility index (Phi) is 6.01. The van der Waals surface area contributed by atoms with Crippen LogP contribution in [-0.2, 0) is 4.79 Å². The number of carbonyl (C=O) groups excluding carboxylic acids is 1. The van der Waals surface area contributed by atoms with Crippen LogP contribution in [-0.4, -0.2) is 37.1 Å². The molecule has 1 fully saturated rings. The van der Waals surface area contributed by atoms with E-state index >= 15 is 0 Å². The topological polar surface area (TPSA) is 63.2 Å². The van der Waals surface area contributed by atoms with Crippen LogP contribution in [0.1, 0.15) is 25.7 Å². The van der Waals surface area contributed by atoms with E-state index in [1.165, 1.54) is 6.42 Å². The Morgan fingerprint density at radius 1 is 1.33 bits per heavy atom. The molecule has 5 nitrogen and oxygen atoms in total. The zero-order chi connectivity index (χ0) is 16.6. The van der Waals surface area contributed by atoms with Crippen LogP contribution < -0.4 is 15.4 Å². The van der Waals surface area contributed by atoms with Crippen molar-refractivity contribution in [2.75, 3.05) is 26.2 Å². The zero-order valence-electron chi connectivity index (χ0n) is 14.0. The molecule has 24 heavy (non-hydrogen) atoms. The third-order valence-corrected chi connectivity index (χ3v) is 4.44. The fourth-order valence-corrected chi connectivity index (χ4v) is 3.06. The van der Waals surface area contributed by atoms with Gasteiger partial charge in [0.15, 0.2) is 0 Å². The molecule has 1 aromatic carbocycles. The average Bonchev–Trinajstić information content (AvgIpc) is 3.13. The quantitative estimate of drug-likeness (QED) is 0.731. The van der Waals surface area contributed by atoms with Gasteiger partial charge in [-0.25, -0.2) is 0 Å². The second-order valence-electron chi connectivity index (χ2n) is 6.28. The van der Waals surface area contributed by atoms with Crippen molar-refractivity contribution in [2.24, 2.45) is 5.92 Å². The smallest absolute Gasteiger partial charge is 0.220 e. The number of hydrogen-bond donors (Lipinski definition) is 2. The van der Waals surface area contributed by atoms with E-state index in [4.69, 9.17) is 4.74 Å². The number of aromatic nitrogens is 1. The lowest BCUT2D eigenvalue weighted by Crippen LogP contribution is -2.26. The van der Waals surface area contributed by atoms with E-state index < -0.39 is 0 Å². The van der Waals surface area contributed by atoms with Crippen molar-refractivity contribution in [2.45, 2.75) is 25.7 Å². The van der Waals surface area contributed by atoms with Gasteiger partial charge in [0.05, 0.1) is 6.61 Å². The number of fused-ring (bicyclic) bond motifs is 1. The fraction of sp³-hybridized carbons (Fsp3) is 0.474. The molecule has 1 aliphatic rings. The first-order valence-corrected chi connectivity index (χ1v) is 8.77. The third kappa shape index (κ3) is 4.68. The summed E-state index contributed by atoms with van der Waals surface area (Å²) in [7, 11) is 0. The van der Waals surface area contributed by atoms with Gasteiger partial charge in [-0.1, -0.05) is 18.2 Å². The molecule has 2 heterocycles. The molecule has 0 aliphatic carbocycles. The molecule has 0 bridgehead atoms. The number of nitrogens with zero attached hydrogens (tertiary/aromatic N) is 1. The highest BCUT2D eigenvalue weighted by Crippen LogP contribution is 2.22. The standard InChI is InChI=1S/C19H25N3O2/c23-18(8-7-15-9-12-20-14-15)21-11-3-13-24-17-6-1-4-16-5-2-10-22-19(16)17/h1-2,4-6,10,15,20H,3,7-9,11-14H2,(H,21,23). The summed E-state index contributed by atoms with van der Waals surface area (Å²) in [5.41, 5.74) is 0.884. The van der Waals surface area contributed by atoms with Crippen molar-refractivity contribution in [1.82, 2.24) is 15.6 Å². The number of benzene rings is 1. The van der Waals surface area contributed by atoms with E-state index in [1.54, 1.807) is 6.20 Å². The number of para-hydroxylation sites is 1. The largest absolute Gasteiger partial charge is 0.491 e.